The van der Waals surface area contributed by atoms with Crippen LogP contribution in [0.1, 0.15) is 42.6 Å². The Balaban J connectivity index is 2.35. The van der Waals surface area contributed by atoms with Crippen molar-refractivity contribution in [2.45, 2.75) is 43.5 Å². The Morgan fingerprint density at radius 1 is 1.42 bits per heavy atom. The second kappa shape index (κ2) is 4.80. The average Bonchev–Trinajstić information content (AvgIpc) is 3.04. The number of amides is 1. The zero-order chi connectivity index (χ0) is 14.3. The lowest BCUT2D eigenvalue weighted by Crippen LogP contribution is -2.34. The minimum absolute atomic E-state index is 0.0188. The lowest BCUT2D eigenvalue weighted by atomic mass is 10.1. The highest BCUT2D eigenvalue weighted by Gasteiger charge is 2.38. The van der Waals surface area contributed by atoms with E-state index >= 15 is 0 Å². The van der Waals surface area contributed by atoms with E-state index in [9.17, 15) is 13.2 Å². The molecule has 0 spiro atoms. The molecule has 1 saturated carbocycles. The number of halogens is 1. The minimum Gasteiger partial charge on any atom is -0.347 e. The maximum Gasteiger partial charge on any atom is 0.261 e. The molecule has 0 atom stereocenters. The molecule has 19 heavy (non-hydrogen) atoms. The van der Waals surface area contributed by atoms with Gasteiger partial charge in [-0.2, -0.15) is 0 Å². The van der Waals surface area contributed by atoms with Crippen LogP contribution in [0.4, 0.5) is 0 Å². The predicted molar refractivity (Wildman–Crippen MR) is 74.0 cm³/mol. The molecule has 1 N–H and O–H groups in total. The van der Waals surface area contributed by atoms with E-state index in [0.717, 1.165) is 12.8 Å². The minimum atomic E-state index is -3.84. The lowest BCUT2D eigenvalue weighted by Gasteiger charge is -2.13. The van der Waals surface area contributed by atoms with Crippen molar-refractivity contribution in [1.29, 1.82) is 0 Å². The summed E-state index contributed by atoms with van der Waals surface area (Å²) in [6.45, 7) is 3.80. The van der Waals surface area contributed by atoms with Crippen LogP contribution in [0.2, 0.25) is 0 Å². The Labute approximate surface area is 117 Å². The molecule has 2 rings (SSSR count). The van der Waals surface area contributed by atoms with E-state index in [1.807, 2.05) is 13.8 Å². The number of nitrogens with one attached hydrogen (secondary N) is 1. The quantitative estimate of drug-likeness (QED) is 0.869. The summed E-state index contributed by atoms with van der Waals surface area (Å²) in [5.41, 5.74) is 0.800. The average molecular weight is 302 g/mol. The molecule has 0 radical (unpaired) electrons. The maximum atomic E-state index is 12.0. The van der Waals surface area contributed by atoms with Crippen LogP contribution in [0.25, 0.3) is 0 Å². The topological polar surface area (TPSA) is 63.2 Å². The van der Waals surface area contributed by atoms with E-state index in [1.165, 1.54) is 6.07 Å². The number of aryl methyl sites for hydroxylation is 1. The molecular weight excluding hydrogens is 286 g/mol. The molecule has 0 bridgehead atoms. The maximum absolute atomic E-state index is 12.0. The van der Waals surface area contributed by atoms with Gasteiger partial charge < -0.3 is 5.32 Å². The first-order valence-electron chi connectivity index (χ1n) is 6.15. The van der Waals surface area contributed by atoms with Gasteiger partial charge in [-0.15, -0.1) is 0 Å². The van der Waals surface area contributed by atoms with Crippen molar-refractivity contribution in [2.24, 2.45) is 0 Å². The first-order chi connectivity index (χ1) is 8.75. The zero-order valence-corrected chi connectivity index (χ0v) is 12.4. The highest BCUT2D eigenvalue weighted by Crippen LogP contribution is 2.34. The van der Waals surface area contributed by atoms with Gasteiger partial charge in [-0.05, 0) is 43.9 Å². The molecule has 0 unspecified atom stereocenters. The van der Waals surface area contributed by atoms with Crippen molar-refractivity contribution >= 4 is 25.6 Å². The third-order valence-electron chi connectivity index (χ3n) is 3.39. The van der Waals surface area contributed by atoms with Gasteiger partial charge >= 0.3 is 0 Å². The third-order valence-corrected chi connectivity index (χ3v) is 4.79. The van der Waals surface area contributed by atoms with Crippen molar-refractivity contribution in [3.63, 3.8) is 0 Å². The summed E-state index contributed by atoms with van der Waals surface area (Å²) in [5, 5.41) is 2.89. The van der Waals surface area contributed by atoms with Gasteiger partial charge in [0, 0.05) is 21.8 Å². The van der Waals surface area contributed by atoms with Crippen molar-refractivity contribution in [3.8, 4) is 0 Å². The first-order valence-corrected chi connectivity index (χ1v) is 8.46. The van der Waals surface area contributed by atoms with E-state index in [-0.39, 0.29) is 16.3 Å². The highest BCUT2D eigenvalue weighted by molar-refractivity contribution is 8.13. The standard InChI is InChI=1S/C13H16ClNO3S/c1-3-9-4-5-10(8-11(9)19(14,17)18)12(16)15-13(2)6-7-13/h4-5,8H,3,6-7H2,1-2H3,(H,15,16). The Morgan fingerprint density at radius 2 is 2.05 bits per heavy atom. The molecule has 1 aromatic carbocycles. The molecule has 0 aromatic heterocycles. The number of hydrogen-bond donors (Lipinski definition) is 1. The fourth-order valence-corrected chi connectivity index (χ4v) is 3.10. The van der Waals surface area contributed by atoms with Gasteiger partial charge in [0.05, 0.1) is 4.90 Å². The Hall–Kier alpha value is -1.07. The van der Waals surface area contributed by atoms with Gasteiger partial charge in [0.25, 0.3) is 15.0 Å². The summed E-state index contributed by atoms with van der Waals surface area (Å²) >= 11 is 0. The van der Waals surface area contributed by atoms with Crippen molar-refractivity contribution in [1.82, 2.24) is 5.32 Å². The van der Waals surface area contributed by atoms with Crippen LogP contribution in [0.3, 0.4) is 0 Å². The van der Waals surface area contributed by atoms with E-state index < -0.39 is 9.05 Å². The largest absolute Gasteiger partial charge is 0.347 e. The number of carbonyl (C=O) groups is 1. The van der Waals surface area contributed by atoms with Crippen LogP contribution in [-0.2, 0) is 15.5 Å². The summed E-state index contributed by atoms with van der Waals surface area (Å²) in [6, 6.07) is 4.62. The van der Waals surface area contributed by atoms with Crippen LogP contribution in [0, 0.1) is 0 Å². The second-order valence-corrected chi connectivity index (χ2v) is 7.66. The van der Waals surface area contributed by atoms with Gasteiger partial charge in [-0.3, -0.25) is 4.79 Å². The monoisotopic (exact) mass is 301 g/mol. The molecule has 1 aliphatic carbocycles. The molecule has 4 nitrogen and oxygen atoms in total. The normalized spacial score (nSPS) is 17.0. The van der Waals surface area contributed by atoms with Crippen LogP contribution >= 0.6 is 10.7 Å². The summed E-state index contributed by atoms with van der Waals surface area (Å²) in [4.78, 5) is 12.0. The molecule has 1 aliphatic rings. The van der Waals surface area contributed by atoms with Gasteiger partial charge in [0.2, 0.25) is 0 Å². The Kier molecular flexibility index (Phi) is 3.62. The van der Waals surface area contributed by atoms with E-state index in [1.54, 1.807) is 12.1 Å². The number of carbonyl (C=O) groups excluding carboxylic acids is 1. The van der Waals surface area contributed by atoms with Crippen molar-refractivity contribution < 1.29 is 13.2 Å². The summed E-state index contributed by atoms with van der Waals surface area (Å²) in [6.07, 6.45) is 2.44. The molecule has 1 amide bonds. The molecule has 0 heterocycles. The van der Waals surface area contributed by atoms with Gasteiger partial charge in [0.1, 0.15) is 0 Å². The second-order valence-electron chi connectivity index (χ2n) is 5.13. The molecule has 1 aromatic rings. The van der Waals surface area contributed by atoms with Gasteiger partial charge in [-0.25, -0.2) is 8.42 Å². The highest BCUT2D eigenvalue weighted by atomic mass is 35.7. The summed E-state index contributed by atoms with van der Waals surface area (Å²) in [7, 11) is 1.57. The van der Waals surface area contributed by atoms with Crippen LogP contribution in [-0.4, -0.2) is 19.9 Å². The number of rotatable bonds is 4. The summed E-state index contributed by atoms with van der Waals surface area (Å²) in [5.74, 6) is -0.260. The first kappa shape index (κ1) is 14.3. The fourth-order valence-electron chi connectivity index (χ4n) is 1.87. The van der Waals surface area contributed by atoms with Crippen LogP contribution < -0.4 is 5.32 Å². The Morgan fingerprint density at radius 3 is 2.53 bits per heavy atom. The summed E-state index contributed by atoms with van der Waals surface area (Å²) < 4.78 is 23.0. The molecule has 0 saturated heterocycles. The van der Waals surface area contributed by atoms with E-state index in [0.29, 0.717) is 17.5 Å². The van der Waals surface area contributed by atoms with Gasteiger partial charge in [-0.1, -0.05) is 13.0 Å². The SMILES string of the molecule is CCc1ccc(C(=O)NC2(C)CC2)cc1S(=O)(=O)Cl. The van der Waals surface area contributed by atoms with Crippen molar-refractivity contribution in [2.75, 3.05) is 0 Å². The van der Waals surface area contributed by atoms with Crippen LogP contribution in [0.5, 0.6) is 0 Å². The Bertz CT molecular complexity index is 621. The molecular formula is C13H16ClNO3S. The van der Waals surface area contributed by atoms with E-state index in [4.69, 9.17) is 10.7 Å². The molecule has 1 fully saturated rings. The predicted octanol–water partition coefficient (Wildman–Crippen LogP) is 2.46. The fraction of sp³-hybridized carbons (Fsp3) is 0.462. The van der Waals surface area contributed by atoms with Crippen LogP contribution in [0.15, 0.2) is 23.1 Å². The zero-order valence-electron chi connectivity index (χ0n) is 10.9. The smallest absolute Gasteiger partial charge is 0.261 e. The molecule has 104 valence electrons. The number of hydrogen-bond acceptors (Lipinski definition) is 3. The number of benzene rings is 1. The lowest BCUT2D eigenvalue weighted by molar-refractivity contribution is 0.0935. The van der Waals surface area contributed by atoms with E-state index in [2.05, 4.69) is 5.32 Å². The van der Waals surface area contributed by atoms with Crippen molar-refractivity contribution in [3.05, 3.63) is 29.3 Å². The van der Waals surface area contributed by atoms with Gasteiger partial charge in [0.15, 0.2) is 0 Å². The third kappa shape index (κ3) is 3.28. The molecule has 0 aliphatic heterocycles. The molecule has 6 heteroatoms.